The lowest BCUT2D eigenvalue weighted by atomic mass is 10.2. The Hall–Kier alpha value is -0.820. The van der Waals surface area contributed by atoms with Crippen molar-refractivity contribution in [3.8, 4) is 0 Å². The molecule has 1 unspecified atom stereocenters. The Morgan fingerprint density at radius 2 is 2.20 bits per heavy atom. The molecular weight excluding hydrogens is 213 g/mol. The molecule has 0 aromatic rings. The molecule has 2 N–H and O–H groups in total. The van der Waals surface area contributed by atoms with Crippen molar-refractivity contribution in [1.29, 1.82) is 0 Å². The highest BCUT2D eigenvalue weighted by Crippen LogP contribution is 2.19. The number of carbonyl (C=O) groups is 1. The number of alkyl halides is 3. The van der Waals surface area contributed by atoms with Gasteiger partial charge in [0.2, 0.25) is 5.91 Å². The number of carbonyl (C=O) groups excluding carboxylic acids is 1. The summed E-state index contributed by atoms with van der Waals surface area (Å²) in [7, 11) is 1.46. The highest BCUT2D eigenvalue weighted by atomic mass is 19.4. The molecule has 1 amide bonds. The van der Waals surface area contributed by atoms with Crippen molar-refractivity contribution >= 4 is 5.91 Å². The maximum Gasteiger partial charge on any atom is 0.397 e. The molecule has 1 aliphatic rings. The van der Waals surface area contributed by atoms with Gasteiger partial charge in [-0.1, -0.05) is 0 Å². The minimum atomic E-state index is -4.46. The molecule has 0 aromatic heterocycles. The van der Waals surface area contributed by atoms with Crippen LogP contribution in [0.1, 0.15) is 6.42 Å². The van der Waals surface area contributed by atoms with E-state index in [1.165, 1.54) is 7.11 Å². The zero-order valence-corrected chi connectivity index (χ0v) is 8.23. The number of ether oxygens (including phenoxy) is 1. The summed E-state index contributed by atoms with van der Waals surface area (Å²) in [5.74, 6) is -1.02. The molecule has 15 heavy (non-hydrogen) atoms. The summed E-state index contributed by atoms with van der Waals surface area (Å²) < 4.78 is 40.6. The minimum Gasteiger partial charge on any atom is -0.378 e. The van der Waals surface area contributed by atoms with E-state index in [1.807, 2.05) is 0 Å². The zero-order valence-electron chi connectivity index (χ0n) is 8.23. The maximum atomic E-state index is 11.9. The van der Waals surface area contributed by atoms with E-state index in [9.17, 15) is 18.0 Å². The summed E-state index contributed by atoms with van der Waals surface area (Å²) in [6.07, 6.45) is -6.17. The Morgan fingerprint density at radius 3 is 2.73 bits per heavy atom. The van der Waals surface area contributed by atoms with E-state index in [0.717, 1.165) is 0 Å². The van der Waals surface area contributed by atoms with Gasteiger partial charge in [0.25, 0.3) is 0 Å². The van der Waals surface area contributed by atoms with Crippen LogP contribution >= 0.6 is 0 Å². The van der Waals surface area contributed by atoms with Crippen molar-refractivity contribution in [2.24, 2.45) is 0 Å². The summed E-state index contributed by atoms with van der Waals surface area (Å²) >= 11 is 0. The Bertz CT molecular complexity index is 232. The van der Waals surface area contributed by atoms with E-state index in [-0.39, 0.29) is 12.1 Å². The molecule has 0 saturated carbocycles. The molecular formula is C8H13F3N2O2. The van der Waals surface area contributed by atoms with Crippen LogP contribution in [0.3, 0.4) is 0 Å². The number of nitrogens with one attached hydrogen (secondary N) is 2. The third-order valence-corrected chi connectivity index (χ3v) is 2.17. The fourth-order valence-corrected chi connectivity index (χ4v) is 1.49. The first kappa shape index (κ1) is 12.3. The molecule has 1 saturated heterocycles. The van der Waals surface area contributed by atoms with Crippen molar-refractivity contribution in [1.82, 2.24) is 10.6 Å². The van der Waals surface area contributed by atoms with Crippen LogP contribution in [0.15, 0.2) is 0 Å². The van der Waals surface area contributed by atoms with Gasteiger partial charge >= 0.3 is 6.18 Å². The van der Waals surface area contributed by atoms with Gasteiger partial charge in [0.1, 0.15) is 6.42 Å². The largest absolute Gasteiger partial charge is 0.397 e. The molecule has 0 bridgehead atoms. The van der Waals surface area contributed by atoms with Gasteiger partial charge in [-0.25, -0.2) is 0 Å². The first-order valence-corrected chi connectivity index (χ1v) is 4.52. The number of hydrogen-bond donors (Lipinski definition) is 2. The van der Waals surface area contributed by atoms with Crippen molar-refractivity contribution in [3.63, 3.8) is 0 Å². The lowest BCUT2D eigenvalue weighted by Crippen LogP contribution is -2.44. The van der Waals surface area contributed by atoms with Gasteiger partial charge in [-0.15, -0.1) is 0 Å². The van der Waals surface area contributed by atoms with Crippen molar-refractivity contribution in [3.05, 3.63) is 0 Å². The lowest BCUT2D eigenvalue weighted by Gasteiger charge is -2.18. The van der Waals surface area contributed by atoms with Gasteiger partial charge in [-0.2, -0.15) is 13.2 Å². The van der Waals surface area contributed by atoms with Gasteiger partial charge in [-0.05, 0) is 0 Å². The second kappa shape index (κ2) is 4.80. The molecule has 1 aliphatic heterocycles. The highest BCUT2D eigenvalue weighted by Gasteiger charge is 2.34. The standard InChI is InChI=1S/C8H13F3N2O2/c1-15-6-4-12-3-5(6)13-7(14)2-8(9,10)11/h5-6,12H,2-4H2,1H3,(H,13,14)/t5?,6-/m0/s1. The molecule has 0 radical (unpaired) electrons. The lowest BCUT2D eigenvalue weighted by molar-refractivity contribution is -0.154. The second-order valence-corrected chi connectivity index (χ2v) is 3.40. The normalized spacial score (nSPS) is 26.7. The molecule has 1 heterocycles. The topological polar surface area (TPSA) is 50.4 Å². The van der Waals surface area contributed by atoms with Crippen LogP contribution in [0.4, 0.5) is 13.2 Å². The molecule has 4 nitrogen and oxygen atoms in total. The number of halogens is 3. The molecule has 7 heteroatoms. The van der Waals surface area contributed by atoms with Crippen molar-refractivity contribution in [2.75, 3.05) is 20.2 Å². The molecule has 0 aliphatic carbocycles. The van der Waals surface area contributed by atoms with Gasteiger partial charge in [0.15, 0.2) is 0 Å². The monoisotopic (exact) mass is 226 g/mol. The molecule has 1 rings (SSSR count). The van der Waals surface area contributed by atoms with E-state index in [2.05, 4.69) is 10.6 Å². The van der Waals surface area contributed by atoms with E-state index in [0.29, 0.717) is 13.1 Å². The molecule has 0 aromatic carbocycles. The van der Waals surface area contributed by atoms with Crippen LogP contribution in [0.2, 0.25) is 0 Å². The molecule has 2 atom stereocenters. The van der Waals surface area contributed by atoms with Crippen molar-refractivity contribution < 1.29 is 22.7 Å². The van der Waals surface area contributed by atoms with Crippen molar-refractivity contribution in [2.45, 2.75) is 24.7 Å². The van der Waals surface area contributed by atoms with Crippen LogP contribution in [0.25, 0.3) is 0 Å². The smallest absolute Gasteiger partial charge is 0.378 e. The third-order valence-electron chi connectivity index (χ3n) is 2.17. The first-order valence-electron chi connectivity index (χ1n) is 4.52. The van der Waals surface area contributed by atoms with Gasteiger partial charge in [0, 0.05) is 20.2 Å². The summed E-state index contributed by atoms with van der Waals surface area (Å²) in [5.41, 5.74) is 0. The fourth-order valence-electron chi connectivity index (χ4n) is 1.49. The van der Waals surface area contributed by atoms with E-state index in [4.69, 9.17) is 4.74 Å². The van der Waals surface area contributed by atoms with E-state index < -0.39 is 18.5 Å². The summed E-state index contributed by atoms with van der Waals surface area (Å²) in [5, 5.41) is 5.21. The Kier molecular flexibility index (Phi) is 3.92. The Morgan fingerprint density at radius 1 is 1.53 bits per heavy atom. The quantitative estimate of drug-likeness (QED) is 0.714. The fraction of sp³-hybridized carbons (Fsp3) is 0.875. The summed E-state index contributed by atoms with van der Waals surface area (Å²) in [6.45, 7) is 0.968. The molecule has 0 spiro atoms. The van der Waals surface area contributed by atoms with Crippen LogP contribution in [0.5, 0.6) is 0 Å². The number of hydrogen-bond acceptors (Lipinski definition) is 3. The summed E-state index contributed by atoms with van der Waals surface area (Å²) in [6, 6.07) is -0.384. The van der Waals surface area contributed by atoms with Gasteiger partial charge < -0.3 is 15.4 Å². The van der Waals surface area contributed by atoms with Crippen LogP contribution in [-0.2, 0) is 9.53 Å². The van der Waals surface area contributed by atoms with Crippen LogP contribution < -0.4 is 10.6 Å². The SMILES string of the molecule is CO[C@H]1CNCC1NC(=O)CC(F)(F)F. The highest BCUT2D eigenvalue weighted by molar-refractivity contribution is 5.77. The Labute approximate surface area is 85.2 Å². The molecule has 88 valence electrons. The van der Waals surface area contributed by atoms with Gasteiger partial charge in [-0.3, -0.25) is 4.79 Å². The zero-order chi connectivity index (χ0) is 11.5. The average molecular weight is 226 g/mol. The van der Waals surface area contributed by atoms with E-state index >= 15 is 0 Å². The van der Waals surface area contributed by atoms with Crippen LogP contribution in [-0.4, -0.2) is 44.4 Å². The predicted molar refractivity (Wildman–Crippen MR) is 46.3 cm³/mol. The molecule has 1 fully saturated rings. The minimum absolute atomic E-state index is 0.262. The number of rotatable bonds is 3. The third kappa shape index (κ3) is 4.05. The van der Waals surface area contributed by atoms with E-state index in [1.54, 1.807) is 0 Å². The predicted octanol–water partition coefficient (Wildman–Crippen LogP) is 0.0418. The number of methoxy groups -OCH3 is 1. The maximum absolute atomic E-state index is 11.9. The first-order chi connectivity index (χ1) is 6.92. The average Bonchev–Trinajstić information content (AvgIpc) is 2.48. The second-order valence-electron chi connectivity index (χ2n) is 3.40. The Balaban J connectivity index is 2.37. The number of amides is 1. The van der Waals surface area contributed by atoms with Crippen LogP contribution in [0, 0.1) is 0 Å². The van der Waals surface area contributed by atoms with Gasteiger partial charge in [0.05, 0.1) is 12.1 Å². The summed E-state index contributed by atoms with van der Waals surface area (Å²) in [4.78, 5) is 11.0.